The van der Waals surface area contributed by atoms with Crippen LogP contribution in [-0.2, 0) is 9.53 Å². The molecule has 5 heteroatoms. The molecule has 88 valence electrons. The van der Waals surface area contributed by atoms with Crippen molar-refractivity contribution >= 4 is 17.7 Å². The Hall–Kier alpha value is -1.07. The molecule has 0 saturated carbocycles. The second-order valence-electron chi connectivity index (χ2n) is 3.39. The molecule has 0 bridgehead atoms. The van der Waals surface area contributed by atoms with Crippen LogP contribution in [0.5, 0.6) is 0 Å². The summed E-state index contributed by atoms with van der Waals surface area (Å²) in [5, 5.41) is 0.897. The first-order valence-electron chi connectivity index (χ1n) is 5.04. The summed E-state index contributed by atoms with van der Waals surface area (Å²) in [6.45, 7) is 1.92. The number of esters is 1. The summed E-state index contributed by atoms with van der Waals surface area (Å²) in [6.07, 6.45) is 2.17. The van der Waals surface area contributed by atoms with Crippen LogP contribution in [0.2, 0.25) is 0 Å². The van der Waals surface area contributed by atoms with Crippen LogP contribution in [0.4, 0.5) is 0 Å². The number of hydrogen-bond donors (Lipinski definition) is 1. The lowest BCUT2D eigenvalue weighted by Gasteiger charge is -2.05. The molecule has 0 aliphatic carbocycles. The second-order valence-corrected chi connectivity index (χ2v) is 4.51. The maximum Gasteiger partial charge on any atom is 0.306 e. The lowest BCUT2D eigenvalue weighted by atomic mass is 10.2. The highest BCUT2D eigenvalue weighted by atomic mass is 32.2. The average Bonchev–Trinajstić information content (AvgIpc) is 2.29. The number of thioether (sulfide) groups is 1. The van der Waals surface area contributed by atoms with Gasteiger partial charge in [0.1, 0.15) is 0 Å². The lowest BCUT2D eigenvalue weighted by Crippen LogP contribution is -2.05. The van der Waals surface area contributed by atoms with Gasteiger partial charge in [0.05, 0.1) is 18.6 Å². The van der Waals surface area contributed by atoms with Crippen molar-refractivity contribution in [2.45, 2.75) is 24.4 Å². The van der Waals surface area contributed by atoms with Crippen LogP contribution >= 0.6 is 11.8 Å². The van der Waals surface area contributed by atoms with E-state index in [0.29, 0.717) is 12.2 Å². The molecule has 16 heavy (non-hydrogen) atoms. The molecule has 1 atom stereocenters. The Morgan fingerprint density at radius 1 is 1.62 bits per heavy atom. The van der Waals surface area contributed by atoms with E-state index >= 15 is 0 Å². The van der Waals surface area contributed by atoms with Gasteiger partial charge in [0.15, 0.2) is 0 Å². The number of ether oxygens (including phenoxy) is 1. The molecule has 2 N–H and O–H groups in total. The summed E-state index contributed by atoms with van der Waals surface area (Å²) in [5.74, 6) is 0.483. The Balaban J connectivity index is 2.40. The molecule has 0 aromatic carbocycles. The first kappa shape index (κ1) is 13.0. The minimum Gasteiger partial charge on any atom is -0.469 e. The van der Waals surface area contributed by atoms with E-state index in [2.05, 4.69) is 9.72 Å². The highest BCUT2D eigenvalue weighted by Gasteiger charge is 2.03. The van der Waals surface area contributed by atoms with E-state index in [1.165, 1.54) is 18.9 Å². The molecule has 1 aromatic rings. The Kier molecular flexibility index (Phi) is 5.28. The molecule has 1 rings (SSSR count). The first-order valence-corrected chi connectivity index (χ1v) is 6.03. The van der Waals surface area contributed by atoms with E-state index in [4.69, 9.17) is 5.73 Å². The topological polar surface area (TPSA) is 65.2 Å². The normalized spacial score (nSPS) is 12.2. The molecule has 0 amide bonds. The molecule has 1 heterocycles. The quantitative estimate of drug-likeness (QED) is 0.627. The first-order chi connectivity index (χ1) is 7.63. The molecule has 0 saturated heterocycles. The fourth-order valence-corrected chi connectivity index (χ4v) is 1.86. The number of nitrogens with zero attached hydrogens (tertiary/aromatic N) is 1. The summed E-state index contributed by atoms with van der Waals surface area (Å²) in [7, 11) is 1.39. The molecule has 0 aliphatic rings. The van der Waals surface area contributed by atoms with Crippen LogP contribution < -0.4 is 5.73 Å². The minimum atomic E-state index is -0.195. The van der Waals surface area contributed by atoms with Crippen LogP contribution in [0.3, 0.4) is 0 Å². The van der Waals surface area contributed by atoms with Gasteiger partial charge in [-0.1, -0.05) is 6.07 Å². The molecule has 0 fully saturated rings. The second kappa shape index (κ2) is 6.50. The number of rotatable bonds is 5. The summed E-state index contributed by atoms with van der Waals surface area (Å²) >= 11 is 1.53. The number of hydrogen-bond acceptors (Lipinski definition) is 5. The van der Waals surface area contributed by atoms with Gasteiger partial charge in [0.25, 0.3) is 0 Å². The third kappa shape index (κ3) is 4.20. The largest absolute Gasteiger partial charge is 0.469 e. The van der Waals surface area contributed by atoms with Crippen LogP contribution in [0.15, 0.2) is 23.4 Å². The molecule has 1 unspecified atom stereocenters. The molecular weight excluding hydrogens is 224 g/mol. The van der Waals surface area contributed by atoms with Gasteiger partial charge in [-0.15, -0.1) is 11.8 Å². The molecule has 0 radical (unpaired) electrons. The Morgan fingerprint density at radius 2 is 2.38 bits per heavy atom. The lowest BCUT2D eigenvalue weighted by molar-refractivity contribution is -0.140. The predicted molar refractivity (Wildman–Crippen MR) is 64.2 cm³/mol. The molecule has 0 aliphatic heterocycles. The van der Waals surface area contributed by atoms with Crippen molar-refractivity contribution in [1.29, 1.82) is 0 Å². The van der Waals surface area contributed by atoms with Gasteiger partial charge in [-0.3, -0.25) is 4.79 Å². The number of nitrogens with two attached hydrogens (primary N) is 1. The van der Waals surface area contributed by atoms with Crippen molar-refractivity contribution in [1.82, 2.24) is 4.98 Å². The molecule has 4 nitrogen and oxygen atoms in total. The zero-order valence-electron chi connectivity index (χ0n) is 9.47. The zero-order valence-corrected chi connectivity index (χ0v) is 10.3. The van der Waals surface area contributed by atoms with Crippen LogP contribution in [-0.4, -0.2) is 23.8 Å². The van der Waals surface area contributed by atoms with Gasteiger partial charge in [-0.25, -0.2) is 4.98 Å². The third-order valence-corrected chi connectivity index (χ3v) is 3.01. The van der Waals surface area contributed by atoms with E-state index in [1.807, 2.05) is 19.1 Å². The van der Waals surface area contributed by atoms with Crippen molar-refractivity contribution in [2.75, 3.05) is 12.9 Å². The fraction of sp³-hybridized carbons (Fsp3) is 0.455. The van der Waals surface area contributed by atoms with Gasteiger partial charge >= 0.3 is 5.97 Å². The van der Waals surface area contributed by atoms with Gasteiger partial charge in [-0.2, -0.15) is 0 Å². The fourth-order valence-electron chi connectivity index (χ4n) is 1.09. The monoisotopic (exact) mass is 240 g/mol. The van der Waals surface area contributed by atoms with E-state index in [1.54, 1.807) is 6.20 Å². The van der Waals surface area contributed by atoms with E-state index in [0.717, 1.165) is 10.6 Å². The van der Waals surface area contributed by atoms with Crippen LogP contribution in [0.1, 0.15) is 24.9 Å². The number of pyridine rings is 1. The highest BCUT2D eigenvalue weighted by Crippen LogP contribution is 2.18. The zero-order chi connectivity index (χ0) is 12.0. The number of carbonyl (C=O) groups excluding carboxylic acids is 1. The van der Waals surface area contributed by atoms with Crippen molar-refractivity contribution in [3.63, 3.8) is 0 Å². The standard InChI is InChI=1S/C11H16N2O2S/c1-8(12)9-3-4-10(13-7-9)16-6-5-11(14)15-2/h3-4,7-8H,5-6,12H2,1-2H3. The number of carbonyl (C=O) groups is 1. The van der Waals surface area contributed by atoms with Crippen LogP contribution in [0.25, 0.3) is 0 Å². The van der Waals surface area contributed by atoms with E-state index < -0.39 is 0 Å². The summed E-state index contributed by atoms with van der Waals surface area (Å²) in [4.78, 5) is 15.1. The maximum atomic E-state index is 10.9. The van der Waals surface area contributed by atoms with Crippen molar-refractivity contribution < 1.29 is 9.53 Å². The number of methoxy groups -OCH3 is 1. The summed E-state index contributed by atoms with van der Waals surface area (Å²) in [5.41, 5.74) is 6.73. The van der Waals surface area contributed by atoms with Gasteiger partial charge in [0, 0.05) is 18.0 Å². The highest BCUT2D eigenvalue weighted by molar-refractivity contribution is 7.99. The summed E-state index contributed by atoms with van der Waals surface area (Å²) in [6, 6.07) is 3.88. The van der Waals surface area contributed by atoms with E-state index in [-0.39, 0.29) is 12.0 Å². The molecule has 1 aromatic heterocycles. The third-order valence-electron chi connectivity index (χ3n) is 2.07. The van der Waals surface area contributed by atoms with Gasteiger partial charge in [-0.05, 0) is 18.6 Å². The van der Waals surface area contributed by atoms with Crippen molar-refractivity contribution in [3.05, 3.63) is 23.9 Å². The van der Waals surface area contributed by atoms with Crippen molar-refractivity contribution in [2.24, 2.45) is 5.73 Å². The number of aromatic nitrogens is 1. The van der Waals surface area contributed by atoms with Crippen molar-refractivity contribution in [3.8, 4) is 0 Å². The predicted octanol–water partition coefficient (Wildman–Crippen LogP) is 1.76. The van der Waals surface area contributed by atoms with E-state index in [9.17, 15) is 4.79 Å². The Morgan fingerprint density at radius 3 is 2.88 bits per heavy atom. The minimum absolute atomic E-state index is 0.00150. The Bertz CT molecular complexity index is 338. The van der Waals surface area contributed by atoms with Gasteiger partial charge < -0.3 is 10.5 Å². The van der Waals surface area contributed by atoms with Crippen LogP contribution in [0, 0.1) is 0 Å². The molecular formula is C11H16N2O2S. The average molecular weight is 240 g/mol. The van der Waals surface area contributed by atoms with Gasteiger partial charge in [0.2, 0.25) is 0 Å². The molecule has 0 spiro atoms. The maximum absolute atomic E-state index is 10.9. The SMILES string of the molecule is COC(=O)CCSc1ccc(C(C)N)cn1. The smallest absolute Gasteiger partial charge is 0.306 e. The summed E-state index contributed by atoms with van der Waals surface area (Å²) < 4.78 is 4.55. The Labute approximate surface area is 99.6 Å².